The van der Waals surface area contributed by atoms with E-state index >= 15 is 0 Å². The lowest BCUT2D eigenvalue weighted by molar-refractivity contribution is -0.138. The first kappa shape index (κ1) is 89.5. The average Bonchev–Trinajstić information content (AvgIpc) is 1.63. The molecule has 4 aromatic heterocycles. The Morgan fingerprint density at radius 2 is 0.661 bits per heavy atom. The second kappa shape index (κ2) is 40.9. The molecule has 12 rings (SSSR count). The van der Waals surface area contributed by atoms with Gasteiger partial charge in [0.2, 0.25) is 0 Å². The molecule has 0 bridgehead atoms. The van der Waals surface area contributed by atoms with Crippen molar-refractivity contribution in [1.82, 2.24) is 59.5 Å². The van der Waals surface area contributed by atoms with Gasteiger partial charge in [-0.05, 0) is 176 Å². The lowest BCUT2D eigenvalue weighted by Gasteiger charge is -2.24. The molecule has 8 aromatic rings. The molecule has 0 unspecified atom stereocenters. The van der Waals surface area contributed by atoms with Crippen LogP contribution in [-0.2, 0) is 58.2 Å². The molecule has 0 radical (unpaired) electrons. The quantitative estimate of drug-likeness (QED) is 0.0209. The minimum absolute atomic E-state index is 0.288. The first-order valence-electron chi connectivity index (χ1n) is 39.6. The summed E-state index contributed by atoms with van der Waals surface area (Å²) in [5, 5.41) is 13.4. The van der Waals surface area contributed by atoms with Crippen LogP contribution in [0.3, 0.4) is 0 Å². The fourth-order valence-electron chi connectivity index (χ4n) is 13.7. The van der Waals surface area contributed by atoms with E-state index in [1.807, 2.05) is 30.7 Å². The molecule has 4 aliphatic rings. The highest BCUT2D eigenvalue weighted by atomic mass is 28.3. The van der Waals surface area contributed by atoms with Gasteiger partial charge in [0.25, 0.3) is 0 Å². The highest BCUT2D eigenvalue weighted by Crippen LogP contribution is 2.38. The van der Waals surface area contributed by atoms with Crippen molar-refractivity contribution in [2.75, 3.05) is 78.8 Å². The standard InChI is InChI=1S/2C21H30F3N3OSi.2C20H29F2N3OSi/c1-29(2,3)12-11-28-15-27-14-19(26-20(27)16-7-9-25-10-8-16)17-5-4-6-18(13-17)21(22,23)24;1-29(2,3)12-11-28-15-27-19(14-26-20(27)16-7-9-25-10-8-16)17-5-4-6-18(13-17)21(22,23)24;1-27(2,3)9-8-26-14-25-13-19(16-10-17(21)12-18(22)11-16)24-20(25)15-4-6-23-7-5-15;1-27(2,3)9-8-26-14-25-19(16-10-17(21)12-18(22)11-16)13-24-20(25)15-4-6-23-7-5-15/h2*4-6,13-14,16,25H,7-12,15H2,1-3H3;2*10-13,15,23H,4-9,14H2,1-3H3. The lowest BCUT2D eigenvalue weighted by atomic mass is 9.97. The van der Waals surface area contributed by atoms with E-state index in [2.05, 4.69) is 110 Å². The van der Waals surface area contributed by atoms with Crippen molar-refractivity contribution in [1.29, 1.82) is 0 Å². The van der Waals surface area contributed by atoms with Crippen molar-refractivity contribution in [3.63, 3.8) is 0 Å². The number of aromatic nitrogens is 8. The van der Waals surface area contributed by atoms with Gasteiger partial charge in [-0.1, -0.05) is 103 Å². The van der Waals surface area contributed by atoms with Crippen LogP contribution in [0.1, 0.15) is 109 Å². The number of ether oxygens (including phenoxy) is 4. The van der Waals surface area contributed by atoms with E-state index in [4.69, 9.17) is 28.9 Å². The largest absolute Gasteiger partial charge is 0.416 e. The zero-order valence-corrected chi connectivity index (χ0v) is 71.5. The second-order valence-electron chi connectivity index (χ2n) is 34.7. The van der Waals surface area contributed by atoms with E-state index in [1.54, 1.807) is 24.5 Å². The van der Waals surface area contributed by atoms with Crippen LogP contribution >= 0.6 is 0 Å². The normalized spacial score (nSPS) is 16.2. The predicted molar refractivity (Wildman–Crippen MR) is 436 cm³/mol. The van der Waals surface area contributed by atoms with E-state index in [1.165, 1.54) is 48.5 Å². The summed E-state index contributed by atoms with van der Waals surface area (Å²) in [7, 11) is -4.71. The fourth-order valence-corrected chi connectivity index (χ4v) is 16.8. The second-order valence-corrected chi connectivity index (χ2v) is 57.2. The zero-order valence-electron chi connectivity index (χ0n) is 67.5. The Labute approximate surface area is 659 Å². The number of hydrogen-bond donors (Lipinski definition) is 4. The molecule has 8 heterocycles. The number of hydrogen-bond acceptors (Lipinski definition) is 12. The van der Waals surface area contributed by atoms with Gasteiger partial charge in [-0.2, -0.15) is 26.3 Å². The lowest BCUT2D eigenvalue weighted by Crippen LogP contribution is -2.28. The first-order chi connectivity index (χ1) is 52.9. The Hall–Kier alpha value is -6.43. The maximum atomic E-state index is 13.7. The molecule has 4 aliphatic heterocycles. The van der Waals surface area contributed by atoms with Crippen LogP contribution in [0.4, 0.5) is 43.9 Å². The minimum Gasteiger partial charge on any atom is -0.361 e. The molecular weight excluding hydrogens is 1520 g/mol. The average molecular weight is 1640 g/mol. The topological polar surface area (TPSA) is 156 Å². The number of alkyl halides is 6. The molecule has 112 heavy (non-hydrogen) atoms. The van der Waals surface area contributed by atoms with Gasteiger partial charge >= 0.3 is 12.4 Å². The summed E-state index contributed by atoms with van der Waals surface area (Å²) < 4.78 is 165. The molecule has 0 atom stereocenters. The molecule has 4 saturated heterocycles. The Kier molecular flexibility index (Phi) is 32.7. The van der Waals surface area contributed by atoms with E-state index in [9.17, 15) is 43.9 Å². The first-order valence-corrected chi connectivity index (χ1v) is 54.4. The SMILES string of the molecule is C[Si](C)(C)CCOCn1c(-c2cc(F)cc(F)c2)cnc1C1CCNCC1.C[Si](C)(C)CCOCn1c(-c2cccc(C(F)(F)F)c2)cnc1C1CCNCC1.C[Si](C)(C)CCOCn1cc(-c2cc(F)cc(F)c2)nc1C1CCNCC1.C[Si](C)(C)CCOCn1cc(-c2cccc(C(F)(F)F)c2)nc1C1CCNCC1. The Balaban J connectivity index is 0.000000172. The molecule has 0 spiro atoms. The van der Waals surface area contributed by atoms with Gasteiger partial charge in [0.05, 0.1) is 46.3 Å². The van der Waals surface area contributed by atoms with Crippen molar-refractivity contribution in [3.05, 3.63) is 167 Å². The number of rotatable bonds is 28. The highest BCUT2D eigenvalue weighted by Gasteiger charge is 2.34. The van der Waals surface area contributed by atoms with Crippen molar-refractivity contribution in [2.24, 2.45) is 0 Å². The summed E-state index contributed by atoms with van der Waals surface area (Å²) in [5.41, 5.74) is 3.20. The zero-order chi connectivity index (χ0) is 81.0. The highest BCUT2D eigenvalue weighted by molar-refractivity contribution is 6.77. The van der Waals surface area contributed by atoms with Crippen LogP contribution in [0, 0.1) is 23.3 Å². The third-order valence-corrected chi connectivity index (χ3v) is 27.2. The fraction of sp³-hybridized carbons (Fsp3) is 0.561. The third-order valence-electron chi connectivity index (χ3n) is 20.4. The van der Waals surface area contributed by atoms with Gasteiger partial charge < -0.3 is 58.5 Å². The summed E-state index contributed by atoms with van der Waals surface area (Å²) >= 11 is 0. The molecule has 0 amide bonds. The molecule has 30 heteroatoms. The van der Waals surface area contributed by atoms with E-state index in [0.29, 0.717) is 104 Å². The summed E-state index contributed by atoms with van der Waals surface area (Å²) in [6, 6.07) is 22.3. The summed E-state index contributed by atoms with van der Waals surface area (Å²) in [6.45, 7) is 39.5. The number of benzene rings is 4. The van der Waals surface area contributed by atoms with Gasteiger partial charge in [0, 0.05) is 129 Å². The van der Waals surface area contributed by atoms with E-state index < -0.39 is 79.0 Å². The summed E-state index contributed by atoms with van der Waals surface area (Å²) in [6.07, 6.45) is 6.24. The Morgan fingerprint density at radius 1 is 0.366 bits per heavy atom. The van der Waals surface area contributed by atoms with Crippen LogP contribution in [-0.4, -0.2) is 149 Å². The van der Waals surface area contributed by atoms with Gasteiger partial charge in [-0.3, -0.25) is 0 Å². The van der Waals surface area contributed by atoms with Gasteiger partial charge in [0.1, 0.15) is 73.5 Å². The maximum absolute atomic E-state index is 13.7. The summed E-state index contributed by atoms with van der Waals surface area (Å²) in [5.74, 6) is 2.61. The summed E-state index contributed by atoms with van der Waals surface area (Å²) in [4.78, 5) is 18.7. The van der Waals surface area contributed by atoms with Crippen LogP contribution in [0.2, 0.25) is 103 Å². The number of halogens is 10. The van der Waals surface area contributed by atoms with Crippen molar-refractivity contribution >= 4 is 32.3 Å². The number of nitrogens with zero attached hydrogens (tertiary/aromatic N) is 8. The van der Waals surface area contributed by atoms with Crippen LogP contribution < -0.4 is 21.3 Å². The van der Waals surface area contributed by atoms with E-state index in [0.717, 1.165) is 182 Å². The van der Waals surface area contributed by atoms with Crippen molar-refractivity contribution in [3.8, 4) is 45.0 Å². The Bertz CT molecular complexity index is 4140. The molecule has 616 valence electrons. The predicted octanol–water partition coefficient (Wildman–Crippen LogP) is 19.9. The van der Waals surface area contributed by atoms with Gasteiger partial charge in [0.15, 0.2) is 0 Å². The van der Waals surface area contributed by atoms with Gasteiger partial charge in [-0.25, -0.2) is 37.5 Å². The molecule has 4 N–H and O–H groups in total. The number of imidazole rings is 4. The monoisotopic (exact) mass is 1640 g/mol. The Morgan fingerprint density at radius 3 is 1.00 bits per heavy atom. The van der Waals surface area contributed by atoms with Crippen LogP contribution in [0.5, 0.6) is 0 Å². The maximum Gasteiger partial charge on any atom is 0.416 e. The van der Waals surface area contributed by atoms with Crippen LogP contribution in [0.25, 0.3) is 45.0 Å². The molecular formula is C82H118F10N12O4Si4. The van der Waals surface area contributed by atoms with Gasteiger partial charge in [-0.15, -0.1) is 0 Å². The molecule has 4 fully saturated rings. The third kappa shape index (κ3) is 28.5. The van der Waals surface area contributed by atoms with E-state index in [-0.39, 0.29) is 11.8 Å². The molecule has 0 aliphatic carbocycles. The molecule has 0 saturated carbocycles. The number of piperidine rings is 4. The molecule has 16 nitrogen and oxygen atoms in total. The van der Waals surface area contributed by atoms with Crippen LogP contribution in [0.15, 0.2) is 110 Å². The van der Waals surface area contributed by atoms with Crippen molar-refractivity contribution in [2.45, 2.75) is 217 Å². The number of nitrogens with one attached hydrogen (secondary N) is 4. The van der Waals surface area contributed by atoms with Crippen molar-refractivity contribution < 1.29 is 62.9 Å². The minimum atomic E-state index is -4.37. The smallest absolute Gasteiger partial charge is 0.361 e. The molecule has 4 aromatic carbocycles.